The second-order valence-corrected chi connectivity index (χ2v) is 5.85. The smallest absolute Gasteiger partial charge is 0.244 e. The molecule has 0 fully saturated rings. The minimum absolute atomic E-state index is 0.00637. The molecule has 0 unspecified atom stereocenters. The molecule has 3 aromatic rings. The van der Waals surface area contributed by atoms with Gasteiger partial charge in [0, 0.05) is 11.3 Å². The number of ether oxygens (including phenoxy) is 1. The van der Waals surface area contributed by atoms with Gasteiger partial charge in [-0.3, -0.25) is 5.10 Å². The molecule has 7 heteroatoms. The SMILES string of the molecule is Cc1[nH]nc2c1[C@@H](c1ccc(-c3ccccc3C#N)o1)C(C#N)=C(N)O2. The van der Waals surface area contributed by atoms with Crippen molar-refractivity contribution in [2.24, 2.45) is 5.73 Å². The number of nitrogens with two attached hydrogens (primary N) is 1. The molecule has 0 saturated heterocycles. The molecule has 0 saturated carbocycles. The van der Waals surface area contributed by atoms with Gasteiger partial charge in [0.15, 0.2) is 0 Å². The predicted molar refractivity (Wildman–Crippen MR) is 91.5 cm³/mol. The number of hydrogen-bond acceptors (Lipinski definition) is 6. The quantitative estimate of drug-likeness (QED) is 0.736. The molecule has 0 bridgehead atoms. The molecule has 126 valence electrons. The molecule has 3 heterocycles. The second-order valence-electron chi connectivity index (χ2n) is 5.85. The van der Waals surface area contributed by atoms with Gasteiger partial charge < -0.3 is 14.9 Å². The van der Waals surface area contributed by atoms with Gasteiger partial charge in [0.1, 0.15) is 23.2 Å². The fraction of sp³-hybridized carbons (Fsp3) is 0.105. The number of benzene rings is 1. The van der Waals surface area contributed by atoms with E-state index >= 15 is 0 Å². The van der Waals surface area contributed by atoms with Gasteiger partial charge >= 0.3 is 0 Å². The van der Waals surface area contributed by atoms with Crippen LogP contribution < -0.4 is 10.5 Å². The summed E-state index contributed by atoms with van der Waals surface area (Å²) in [5.41, 5.74) is 8.84. The van der Waals surface area contributed by atoms with Gasteiger partial charge in [0.25, 0.3) is 0 Å². The van der Waals surface area contributed by atoms with E-state index in [9.17, 15) is 10.5 Å². The van der Waals surface area contributed by atoms with Gasteiger partial charge in [-0.2, -0.15) is 10.5 Å². The standard InChI is InChI=1S/C19H13N5O2/c1-10-16-17(13(9-21)18(22)26-19(16)24-23-10)15-7-6-14(25-15)12-5-3-2-4-11(12)8-20/h2-7,17H,22H2,1H3,(H,23,24)/t17-/m1/s1. The highest BCUT2D eigenvalue weighted by Gasteiger charge is 2.36. The zero-order valence-electron chi connectivity index (χ0n) is 13.8. The summed E-state index contributed by atoms with van der Waals surface area (Å²) in [6, 6.07) is 15.0. The highest BCUT2D eigenvalue weighted by atomic mass is 16.5. The fourth-order valence-corrected chi connectivity index (χ4v) is 3.13. The summed E-state index contributed by atoms with van der Waals surface area (Å²) in [4.78, 5) is 0. The van der Waals surface area contributed by atoms with E-state index in [1.54, 1.807) is 24.3 Å². The van der Waals surface area contributed by atoms with Crippen LogP contribution in [0.5, 0.6) is 5.88 Å². The van der Waals surface area contributed by atoms with E-state index < -0.39 is 5.92 Å². The average molecular weight is 343 g/mol. The Morgan fingerprint density at radius 2 is 1.96 bits per heavy atom. The Kier molecular flexibility index (Phi) is 3.49. The molecule has 3 N–H and O–H groups in total. The number of allylic oxidation sites excluding steroid dienone is 1. The molecule has 1 atom stereocenters. The number of aryl methyl sites for hydroxylation is 1. The molecule has 0 radical (unpaired) electrons. The number of hydrogen-bond donors (Lipinski definition) is 2. The van der Waals surface area contributed by atoms with Gasteiger partial charge in [0.2, 0.25) is 11.8 Å². The van der Waals surface area contributed by atoms with Crippen LogP contribution in [0.15, 0.2) is 52.3 Å². The first-order valence-electron chi connectivity index (χ1n) is 7.85. The van der Waals surface area contributed by atoms with Crippen molar-refractivity contribution in [2.75, 3.05) is 0 Å². The number of nitrogens with zero attached hydrogens (tertiary/aromatic N) is 3. The van der Waals surface area contributed by atoms with Crippen LogP contribution in [0.4, 0.5) is 0 Å². The lowest BCUT2D eigenvalue weighted by Crippen LogP contribution is -2.20. The largest absolute Gasteiger partial charge is 0.460 e. The van der Waals surface area contributed by atoms with E-state index in [4.69, 9.17) is 14.9 Å². The highest BCUT2D eigenvalue weighted by Crippen LogP contribution is 2.43. The van der Waals surface area contributed by atoms with Crippen molar-refractivity contribution in [1.82, 2.24) is 10.2 Å². The van der Waals surface area contributed by atoms with Crippen molar-refractivity contribution in [1.29, 1.82) is 10.5 Å². The maximum absolute atomic E-state index is 9.57. The molecule has 2 aromatic heterocycles. The Morgan fingerprint density at radius 3 is 2.73 bits per heavy atom. The molecule has 1 aromatic carbocycles. The summed E-state index contributed by atoms with van der Waals surface area (Å²) < 4.78 is 11.5. The summed E-state index contributed by atoms with van der Waals surface area (Å²) in [6.45, 7) is 1.84. The van der Waals surface area contributed by atoms with Crippen molar-refractivity contribution in [2.45, 2.75) is 12.8 Å². The van der Waals surface area contributed by atoms with Gasteiger partial charge in [-0.1, -0.05) is 12.1 Å². The Hall–Kier alpha value is -3.97. The van der Waals surface area contributed by atoms with E-state index in [1.165, 1.54) is 0 Å². The minimum atomic E-state index is -0.523. The lowest BCUT2D eigenvalue weighted by Gasteiger charge is -2.21. The zero-order valence-corrected chi connectivity index (χ0v) is 13.8. The molecule has 0 aliphatic carbocycles. The van der Waals surface area contributed by atoms with E-state index in [2.05, 4.69) is 22.3 Å². The summed E-state index contributed by atoms with van der Waals surface area (Å²) in [7, 11) is 0. The van der Waals surface area contributed by atoms with Crippen LogP contribution in [0.2, 0.25) is 0 Å². The number of fused-ring (bicyclic) bond motifs is 1. The third kappa shape index (κ3) is 2.23. The van der Waals surface area contributed by atoms with Crippen molar-refractivity contribution in [3.63, 3.8) is 0 Å². The molecule has 0 spiro atoms. The van der Waals surface area contributed by atoms with Crippen LogP contribution in [-0.4, -0.2) is 10.2 Å². The first-order valence-corrected chi connectivity index (χ1v) is 7.85. The van der Waals surface area contributed by atoms with Crippen molar-refractivity contribution < 1.29 is 9.15 Å². The monoisotopic (exact) mass is 343 g/mol. The lowest BCUT2D eigenvalue weighted by atomic mass is 9.88. The molecule has 7 nitrogen and oxygen atoms in total. The lowest BCUT2D eigenvalue weighted by molar-refractivity contribution is 0.371. The topological polar surface area (TPSA) is 125 Å². The molecular formula is C19H13N5O2. The van der Waals surface area contributed by atoms with Gasteiger partial charge in [-0.25, -0.2) is 0 Å². The molecule has 1 aliphatic heterocycles. The summed E-state index contributed by atoms with van der Waals surface area (Å²) in [5, 5.41) is 25.8. The van der Waals surface area contributed by atoms with Gasteiger partial charge in [-0.15, -0.1) is 5.10 Å². The maximum atomic E-state index is 9.57. The van der Waals surface area contributed by atoms with E-state index in [0.29, 0.717) is 34.1 Å². The first kappa shape index (κ1) is 15.6. The number of nitriles is 2. The van der Waals surface area contributed by atoms with Crippen LogP contribution >= 0.6 is 0 Å². The molecular weight excluding hydrogens is 330 g/mol. The number of furan rings is 1. The molecule has 26 heavy (non-hydrogen) atoms. The summed E-state index contributed by atoms with van der Waals surface area (Å²) in [5.74, 6) is 0.889. The van der Waals surface area contributed by atoms with E-state index in [0.717, 1.165) is 5.69 Å². The predicted octanol–water partition coefficient (Wildman–Crippen LogP) is 3.07. The normalized spacial score (nSPS) is 15.7. The van der Waals surface area contributed by atoms with Crippen molar-refractivity contribution in [3.8, 4) is 29.3 Å². The van der Waals surface area contributed by atoms with Crippen LogP contribution in [0.1, 0.15) is 28.5 Å². The third-order valence-corrected chi connectivity index (χ3v) is 4.35. The Morgan fingerprint density at radius 1 is 1.15 bits per heavy atom. The van der Waals surface area contributed by atoms with Crippen LogP contribution in [0, 0.1) is 29.6 Å². The van der Waals surface area contributed by atoms with E-state index in [-0.39, 0.29) is 11.5 Å². The third-order valence-electron chi connectivity index (χ3n) is 4.35. The molecule has 1 aliphatic rings. The van der Waals surface area contributed by atoms with Gasteiger partial charge in [-0.05, 0) is 31.2 Å². The summed E-state index contributed by atoms with van der Waals surface area (Å²) in [6.07, 6.45) is 0. The maximum Gasteiger partial charge on any atom is 0.244 e. The Bertz CT molecular complexity index is 1120. The number of aromatic nitrogens is 2. The minimum Gasteiger partial charge on any atom is -0.460 e. The Labute approximate surface area is 148 Å². The fourth-order valence-electron chi connectivity index (χ4n) is 3.13. The van der Waals surface area contributed by atoms with Gasteiger partial charge in [0.05, 0.1) is 23.1 Å². The first-order chi connectivity index (χ1) is 12.6. The number of H-pyrrole nitrogens is 1. The number of rotatable bonds is 2. The number of aromatic amines is 1. The number of nitrogens with one attached hydrogen (secondary N) is 1. The van der Waals surface area contributed by atoms with Crippen molar-refractivity contribution in [3.05, 3.63) is 70.4 Å². The Balaban J connectivity index is 1.86. The van der Waals surface area contributed by atoms with Crippen LogP contribution in [-0.2, 0) is 0 Å². The van der Waals surface area contributed by atoms with Crippen LogP contribution in [0.25, 0.3) is 11.3 Å². The molecule has 0 amide bonds. The summed E-state index contributed by atoms with van der Waals surface area (Å²) >= 11 is 0. The zero-order chi connectivity index (χ0) is 18.3. The average Bonchev–Trinajstić information content (AvgIpc) is 3.28. The van der Waals surface area contributed by atoms with Crippen molar-refractivity contribution >= 4 is 0 Å². The highest BCUT2D eigenvalue weighted by molar-refractivity contribution is 5.66. The van der Waals surface area contributed by atoms with E-state index in [1.807, 2.05) is 19.1 Å². The molecule has 4 rings (SSSR count). The second kappa shape index (κ2) is 5.83. The van der Waals surface area contributed by atoms with Crippen LogP contribution in [0.3, 0.4) is 0 Å².